The number of nitrogens with zero attached hydrogens (tertiary/aromatic N) is 3. The number of amides is 1. The SMILES string of the molecule is CC(C)COc1cc(F)cc(-c2ccc(C(=O)NS(=O)(=O)c3ccn[nH]3)c(N3CCCC(C#CN)C3)n2)c1.[HH]. The predicted molar refractivity (Wildman–Crippen MR) is 142 cm³/mol. The molecule has 1 aliphatic rings. The number of nitrogens with two attached hydrogens (primary N) is 1. The van der Waals surface area contributed by atoms with Gasteiger partial charge in [0.15, 0.2) is 5.03 Å². The number of sulfonamides is 1. The number of hydrogen-bond donors (Lipinski definition) is 3. The van der Waals surface area contributed by atoms with Crippen molar-refractivity contribution in [2.75, 3.05) is 24.6 Å². The number of ether oxygens (including phenoxy) is 1. The van der Waals surface area contributed by atoms with E-state index in [0.29, 0.717) is 36.7 Å². The van der Waals surface area contributed by atoms with Crippen LogP contribution >= 0.6 is 0 Å². The molecule has 0 spiro atoms. The van der Waals surface area contributed by atoms with Crippen LogP contribution < -0.4 is 20.1 Å². The summed E-state index contributed by atoms with van der Waals surface area (Å²) in [6, 6.07) is 11.0. The molecule has 1 saturated heterocycles. The number of aromatic nitrogens is 3. The van der Waals surface area contributed by atoms with Gasteiger partial charge in [-0.1, -0.05) is 19.8 Å². The standard InChI is InChI=1S/C26H29FN6O4S.H2/c1-17(2)16-37-21-13-19(12-20(27)14-21)23-6-5-22(26(34)32-38(35,36)24-8-10-29-31-24)25(30-23)33-11-3-4-18(15-33)7-9-28;/h5-6,8,10,12-14,17-18H,3-4,11,15-16,28H2,1-2H3,(H,29,31)(H,32,34);1H. The maximum absolute atomic E-state index is 14.5. The van der Waals surface area contributed by atoms with Gasteiger partial charge in [-0.15, -0.1) is 0 Å². The topological polar surface area (TPSA) is 143 Å². The lowest BCUT2D eigenvalue weighted by Gasteiger charge is -2.32. The van der Waals surface area contributed by atoms with Crippen molar-refractivity contribution in [1.82, 2.24) is 19.9 Å². The van der Waals surface area contributed by atoms with Gasteiger partial charge < -0.3 is 15.4 Å². The lowest BCUT2D eigenvalue weighted by atomic mass is 9.98. The number of rotatable bonds is 8. The molecule has 0 aliphatic carbocycles. The number of pyridine rings is 1. The first-order valence-corrected chi connectivity index (χ1v) is 13.6. The van der Waals surface area contributed by atoms with E-state index in [0.717, 1.165) is 12.8 Å². The van der Waals surface area contributed by atoms with E-state index in [1.807, 2.05) is 18.7 Å². The number of piperidine rings is 1. The molecule has 38 heavy (non-hydrogen) atoms. The molecule has 1 amide bonds. The molecule has 10 nitrogen and oxygen atoms in total. The molecule has 1 fully saturated rings. The second-order valence-electron chi connectivity index (χ2n) is 9.38. The second kappa shape index (κ2) is 11.5. The summed E-state index contributed by atoms with van der Waals surface area (Å²) in [5.41, 5.74) is 6.33. The van der Waals surface area contributed by atoms with Crippen molar-refractivity contribution in [3.05, 3.63) is 54.0 Å². The molecular weight excluding hydrogens is 511 g/mol. The lowest BCUT2D eigenvalue weighted by molar-refractivity contribution is 0.0981. The second-order valence-corrected chi connectivity index (χ2v) is 11.0. The van der Waals surface area contributed by atoms with Gasteiger partial charge in [0.2, 0.25) is 0 Å². The Hall–Kier alpha value is -4.11. The van der Waals surface area contributed by atoms with Crippen LogP contribution in [0, 0.1) is 29.6 Å². The third-order valence-corrected chi connectivity index (χ3v) is 7.13. The van der Waals surface area contributed by atoms with Crippen molar-refractivity contribution in [2.45, 2.75) is 31.7 Å². The van der Waals surface area contributed by atoms with Gasteiger partial charge in [-0.05, 0) is 49.1 Å². The molecule has 3 heterocycles. The Balaban J connectivity index is 0.00000420. The van der Waals surface area contributed by atoms with Crippen molar-refractivity contribution < 1.29 is 23.8 Å². The van der Waals surface area contributed by atoms with E-state index in [-0.39, 0.29) is 29.7 Å². The Morgan fingerprint density at radius 2 is 2.16 bits per heavy atom. The smallest absolute Gasteiger partial charge is 0.281 e. The van der Waals surface area contributed by atoms with Gasteiger partial charge in [-0.3, -0.25) is 9.89 Å². The number of H-pyrrole nitrogens is 1. The van der Waals surface area contributed by atoms with Crippen LogP contribution in [0.5, 0.6) is 5.75 Å². The number of nitrogens with one attached hydrogen (secondary N) is 2. The monoisotopic (exact) mass is 542 g/mol. The van der Waals surface area contributed by atoms with E-state index in [4.69, 9.17) is 15.5 Å². The van der Waals surface area contributed by atoms with Gasteiger partial charge in [0.05, 0.1) is 24.1 Å². The maximum atomic E-state index is 14.5. The zero-order valence-corrected chi connectivity index (χ0v) is 21.9. The number of carbonyl (C=O) groups is 1. The van der Waals surface area contributed by atoms with Crippen molar-refractivity contribution in [2.24, 2.45) is 17.6 Å². The molecule has 2 aromatic heterocycles. The summed E-state index contributed by atoms with van der Waals surface area (Å²) in [6.45, 7) is 5.41. The van der Waals surface area contributed by atoms with E-state index in [1.165, 1.54) is 30.5 Å². The number of halogens is 1. The highest BCUT2D eigenvalue weighted by Gasteiger charge is 2.27. The summed E-state index contributed by atoms with van der Waals surface area (Å²) in [5.74, 6) is 2.44. The van der Waals surface area contributed by atoms with Gasteiger partial charge in [-0.25, -0.2) is 14.1 Å². The van der Waals surface area contributed by atoms with Crippen LogP contribution in [-0.2, 0) is 10.0 Å². The molecule has 0 saturated carbocycles. The highest BCUT2D eigenvalue weighted by molar-refractivity contribution is 7.90. The Bertz CT molecular complexity index is 1470. The Kier molecular flexibility index (Phi) is 8.16. The predicted octanol–water partition coefficient (Wildman–Crippen LogP) is 3.15. The summed E-state index contributed by atoms with van der Waals surface area (Å²) >= 11 is 0. The Labute approximate surface area is 222 Å². The molecule has 1 aromatic carbocycles. The van der Waals surface area contributed by atoms with Crippen LogP contribution in [0.15, 0.2) is 47.6 Å². The maximum Gasteiger partial charge on any atom is 0.281 e. The number of carbonyl (C=O) groups excluding carboxylic acids is 1. The zero-order valence-electron chi connectivity index (χ0n) is 21.1. The van der Waals surface area contributed by atoms with Crippen LogP contribution in [0.1, 0.15) is 38.5 Å². The summed E-state index contributed by atoms with van der Waals surface area (Å²) < 4.78 is 47.5. The minimum atomic E-state index is -4.19. The first-order chi connectivity index (χ1) is 18.2. The van der Waals surface area contributed by atoms with E-state index >= 15 is 0 Å². The average Bonchev–Trinajstić information content (AvgIpc) is 3.43. The van der Waals surface area contributed by atoms with Crippen LogP contribution in [0.2, 0.25) is 0 Å². The molecule has 3 aromatic rings. The molecule has 1 unspecified atom stereocenters. The summed E-state index contributed by atoms with van der Waals surface area (Å²) in [6.07, 6.45) is 2.87. The number of anilines is 1. The van der Waals surface area contributed by atoms with E-state index < -0.39 is 21.7 Å². The van der Waals surface area contributed by atoms with Crippen molar-refractivity contribution >= 4 is 21.7 Å². The number of aromatic amines is 1. The Morgan fingerprint density at radius 3 is 2.87 bits per heavy atom. The number of hydrogen-bond acceptors (Lipinski definition) is 8. The first kappa shape index (κ1) is 26.9. The first-order valence-electron chi connectivity index (χ1n) is 12.1. The van der Waals surface area contributed by atoms with Gasteiger partial charge in [0.1, 0.15) is 17.4 Å². The highest BCUT2D eigenvalue weighted by Crippen LogP contribution is 2.30. The van der Waals surface area contributed by atoms with E-state index in [1.54, 1.807) is 12.1 Å². The fraction of sp³-hybridized carbons (Fsp3) is 0.346. The molecule has 1 aliphatic heterocycles. The molecule has 1 atom stereocenters. The summed E-state index contributed by atoms with van der Waals surface area (Å²) in [5, 5.41) is 5.72. The third kappa shape index (κ3) is 6.41. The van der Waals surface area contributed by atoms with E-state index in [9.17, 15) is 17.6 Å². The highest BCUT2D eigenvalue weighted by atomic mass is 32.2. The fourth-order valence-electron chi connectivity index (χ4n) is 4.11. The van der Waals surface area contributed by atoms with Crippen molar-refractivity contribution in [3.63, 3.8) is 0 Å². The van der Waals surface area contributed by atoms with Gasteiger partial charge >= 0.3 is 0 Å². The summed E-state index contributed by atoms with van der Waals surface area (Å²) in [7, 11) is -4.19. The lowest BCUT2D eigenvalue weighted by Crippen LogP contribution is -2.38. The molecule has 0 bridgehead atoms. The van der Waals surface area contributed by atoms with Gasteiger partial charge in [0, 0.05) is 38.1 Å². The zero-order chi connectivity index (χ0) is 27.3. The molecule has 4 N–H and O–H groups in total. The number of benzene rings is 1. The van der Waals surface area contributed by atoms with Crippen LogP contribution in [0.4, 0.5) is 10.2 Å². The minimum absolute atomic E-state index is 0. The molecule has 0 radical (unpaired) electrons. The average molecular weight is 543 g/mol. The van der Waals surface area contributed by atoms with E-state index in [2.05, 4.69) is 26.9 Å². The van der Waals surface area contributed by atoms with Gasteiger partial charge in [0.25, 0.3) is 15.9 Å². The normalized spacial score (nSPS) is 15.6. The molecular formula is C26H31FN6O4S. The minimum Gasteiger partial charge on any atom is -0.493 e. The molecule has 202 valence electrons. The van der Waals surface area contributed by atoms with Crippen molar-refractivity contribution in [3.8, 4) is 29.0 Å². The van der Waals surface area contributed by atoms with Crippen LogP contribution in [-0.4, -0.2) is 49.2 Å². The fourth-order valence-corrected chi connectivity index (χ4v) is 4.99. The van der Waals surface area contributed by atoms with Crippen LogP contribution in [0.3, 0.4) is 0 Å². The Morgan fingerprint density at radius 1 is 1.34 bits per heavy atom. The van der Waals surface area contributed by atoms with Crippen molar-refractivity contribution in [1.29, 1.82) is 0 Å². The largest absolute Gasteiger partial charge is 0.493 e. The third-order valence-electron chi connectivity index (χ3n) is 5.87. The van der Waals surface area contributed by atoms with Crippen LogP contribution in [0.25, 0.3) is 11.3 Å². The summed E-state index contributed by atoms with van der Waals surface area (Å²) in [4.78, 5) is 19.8. The quantitative estimate of drug-likeness (QED) is 0.291. The molecule has 12 heteroatoms. The molecule has 4 rings (SSSR count). The van der Waals surface area contributed by atoms with Gasteiger partial charge in [-0.2, -0.15) is 13.5 Å².